The van der Waals surface area contributed by atoms with Gasteiger partial charge in [-0.3, -0.25) is 14.9 Å². The molecule has 0 aliphatic rings. The maximum Gasteiger partial charge on any atom is 0.291 e. The summed E-state index contributed by atoms with van der Waals surface area (Å²) in [5.41, 5.74) is 0.755. The largest absolute Gasteiger partial charge is 0.380 e. The van der Waals surface area contributed by atoms with E-state index in [1.807, 2.05) is 35.8 Å². The maximum atomic E-state index is 13.0. The highest BCUT2D eigenvalue weighted by atomic mass is 35.5. The van der Waals surface area contributed by atoms with Gasteiger partial charge in [-0.2, -0.15) is 4.99 Å². The Morgan fingerprint density at radius 3 is 2.77 bits per heavy atom. The summed E-state index contributed by atoms with van der Waals surface area (Å²) in [4.78, 5) is 28.8. The number of hydrogen-bond donors (Lipinski definition) is 0. The van der Waals surface area contributed by atoms with Crippen LogP contribution < -0.4 is 4.80 Å². The van der Waals surface area contributed by atoms with Crippen LogP contribution in [0.2, 0.25) is 5.02 Å². The number of hydrogen-bond acceptors (Lipinski definition) is 6. The minimum Gasteiger partial charge on any atom is -0.380 e. The van der Waals surface area contributed by atoms with Crippen molar-refractivity contribution in [1.82, 2.24) is 4.57 Å². The first kappa shape index (κ1) is 20.7. The van der Waals surface area contributed by atoms with Crippen LogP contribution in [0.1, 0.15) is 16.6 Å². The van der Waals surface area contributed by atoms with Crippen LogP contribution in [-0.4, -0.2) is 28.6 Å². The van der Waals surface area contributed by atoms with Gasteiger partial charge in [0, 0.05) is 35.4 Å². The van der Waals surface area contributed by atoms with Gasteiger partial charge in [0.2, 0.25) is 0 Å². The molecule has 2 aromatic carbocycles. The van der Waals surface area contributed by atoms with Crippen molar-refractivity contribution in [2.24, 2.45) is 4.99 Å². The number of aromatic nitrogens is 1. The zero-order valence-electron chi connectivity index (χ0n) is 15.8. The number of carbonyl (C=O) groups is 1. The number of thiazole rings is 1. The lowest BCUT2D eigenvalue weighted by Crippen LogP contribution is -2.19. The number of benzene rings is 2. The fraction of sp³-hybridized carbons (Fsp3) is 0.200. The van der Waals surface area contributed by atoms with Crippen molar-refractivity contribution in [1.29, 1.82) is 0 Å². The Balaban J connectivity index is 1.83. The molecule has 0 saturated carbocycles. The highest BCUT2D eigenvalue weighted by Crippen LogP contribution is 2.35. The van der Waals surface area contributed by atoms with Gasteiger partial charge in [0.05, 0.1) is 26.8 Å². The van der Waals surface area contributed by atoms with Crippen molar-refractivity contribution in [2.45, 2.75) is 13.5 Å². The topological polar surface area (TPSA) is 86.7 Å². The average molecular weight is 462 g/mol. The molecule has 0 spiro atoms. The van der Waals surface area contributed by atoms with Crippen molar-refractivity contribution in [3.05, 3.63) is 67.3 Å². The summed E-state index contributed by atoms with van der Waals surface area (Å²) in [6.45, 7) is 3.37. The molecule has 2 heterocycles. The molecule has 4 rings (SSSR count). The lowest BCUT2D eigenvalue weighted by atomic mass is 10.2. The number of nitrogens with zero attached hydrogens (tertiary/aromatic N) is 3. The van der Waals surface area contributed by atoms with Gasteiger partial charge in [0.1, 0.15) is 4.88 Å². The lowest BCUT2D eigenvalue weighted by molar-refractivity contribution is -0.384. The van der Waals surface area contributed by atoms with E-state index in [-0.39, 0.29) is 5.69 Å². The van der Waals surface area contributed by atoms with Crippen molar-refractivity contribution >= 4 is 66.2 Å². The van der Waals surface area contributed by atoms with Crippen molar-refractivity contribution in [3.63, 3.8) is 0 Å². The van der Waals surface area contributed by atoms with E-state index < -0.39 is 10.8 Å². The molecular formula is C20H16ClN3O4S2. The SMILES string of the molecule is CCOCCn1c(=NC(=O)c2sc3ccccc3c2Cl)sc2cc([N+](=O)[O-])ccc21. The molecule has 7 nitrogen and oxygen atoms in total. The van der Waals surface area contributed by atoms with Gasteiger partial charge in [0.25, 0.3) is 11.6 Å². The molecule has 10 heteroatoms. The second-order valence-corrected chi connectivity index (χ2v) is 8.74. The standard InChI is InChI=1S/C20H16ClN3O4S2/c1-2-28-10-9-23-14-8-7-12(24(26)27)11-16(14)30-20(23)22-19(25)18-17(21)13-5-3-4-6-15(13)29-18/h3-8,11H,2,9-10H2,1H3. The smallest absolute Gasteiger partial charge is 0.291 e. The Morgan fingerprint density at radius 1 is 1.23 bits per heavy atom. The van der Waals surface area contributed by atoms with Gasteiger partial charge in [-0.25, -0.2) is 0 Å². The van der Waals surface area contributed by atoms with Gasteiger partial charge >= 0.3 is 0 Å². The summed E-state index contributed by atoms with van der Waals surface area (Å²) in [6.07, 6.45) is 0. The second kappa shape index (κ2) is 8.65. The Hall–Kier alpha value is -2.59. The van der Waals surface area contributed by atoms with Gasteiger partial charge in [-0.15, -0.1) is 11.3 Å². The van der Waals surface area contributed by atoms with E-state index in [0.717, 1.165) is 15.6 Å². The third-order valence-electron chi connectivity index (χ3n) is 4.47. The highest BCUT2D eigenvalue weighted by Gasteiger charge is 2.18. The molecular weight excluding hydrogens is 446 g/mol. The predicted octanol–water partition coefficient (Wildman–Crippen LogP) is 5.26. The molecule has 4 aromatic rings. The number of amides is 1. The zero-order chi connectivity index (χ0) is 21.3. The number of carbonyl (C=O) groups excluding carboxylic acids is 1. The van der Waals surface area contributed by atoms with Crippen LogP contribution in [0.4, 0.5) is 5.69 Å². The molecule has 0 radical (unpaired) electrons. The molecule has 154 valence electrons. The lowest BCUT2D eigenvalue weighted by Gasteiger charge is -2.05. The van der Waals surface area contributed by atoms with Crippen molar-refractivity contribution in [2.75, 3.05) is 13.2 Å². The molecule has 0 aliphatic carbocycles. The van der Waals surface area contributed by atoms with Crippen molar-refractivity contribution < 1.29 is 14.5 Å². The molecule has 30 heavy (non-hydrogen) atoms. The fourth-order valence-electron chi connectivity index (χ4n) is 3.07. The predicted molar refractivity (Wildman–Crippen MR) is 120 cm³/mol. The van der Waals surface area contributed by atoms with E-state index in [4.69, 9.17) is 16.3 Å². The summed E-state index contributed by atoms with van der Waals surface area (Å²) in [5.74, 6) is -0.438. The molecule has 0 bridgehead atoms. The zero-order valence-corrected chi connectivity index (χ0v) is 18.2. The van der Waals surface area contributed by atoms with Crippen LogP contribution in [0, 0.1) is 10.1 Å². The second-order valence-electron chi connectivity index (χ2n) is 6.30. The number of halogens is 1. The summed E-state index contributed by atoms with van der Waals surface area (Å²) in [6, 6.07) is 12.1. The fourth-order valence-corrected chi connectivity index (χ4v) is 5.55. The van der Waals surface area contributed by atoms with E-state index in [0.29, 0.717) is 39.2 Å². The van der Waals surface area contributed by atoms with Gasteiger partial charge in [0.15, 0.2) is 4.80 Å². The van der Waals surface area contributed by atoms with Crippen LogP contribution >= 0.6 is 34.3 Å². The van der Waals surface area contributed by atoms with Crippen LogP contribution in [0.3, 0.4) is 0 Å². The minimum absolute atomic E-state index is 0.00821. The summed E-state index contributed by atoms with van der Waals surface area (Å²) < 4.78 is 8.89. The van der Waals surface area contributed by atoms with Crippen LogP contribution in [0.5, 0.6) is 0 Å². The molecule has 0 atom stereocenters. The van der Waals surface area contributed by atoms with Crippen molar-refractivity contribution in [3.8, 4) is 0 Å². The summed E-state index contributed by atoms with van der Waals surface area (Å²) in [5, 5.41) is 12.3. The van der Waals surface area contributed by atoms with E-state index in [1.54, 1.807) is 6.07 Å². The van der Waals surface area contributed by atoms with Crippen LogP contribution in [0.15, 0.2) is 47.5 Å². The van der Waals surface area contributed by atoms with E-state index in [2.05, 4.69) is 4.99 Å². The van der Waals surface area contributed by atoms with Gasteiger partial charge in [-0.05, 0) is 19.1 Å². The molecule has 0 unspecified atom stereocenters. The molecule has 0 N–H and O–H groups in total. The minimum atomic E-state index is -0.442. The molecule has 0 saturated heterocycles. The quantitative estimate of drug-likeness (QED) is 0.223. The average Bonchev–Trinajstić information content (AvgIpc) is 3.25. The number of nitro benzene ring substituents is 1. The van der Waals surface area contributed by atoms with Crippen LogP contribution in [-0.2, 0) is 11.3 Å². The highest BCUT2D eigenvalue weighted by molar-refractivity contribution is 7.21. The number of fused-ring (bicyclic) bond motifs is 2. The van der Waals surface area contributed by atoms with Gasteiger partial charge < -0.3 is 9.30 Å². The van der Waals surface area contributed by atoms with Gasteiger partial charge in [-0.1, -0.05) is 41.1 Å². The number of thiophene rings is 1. The Bertz CT molecular complexity index is 1340. The molecule has 0 fully saturated rings. The maximum absolute atomic E-state index is 13.0. The first-order chi connectivity index (χ1) is 14.5. The third kappa shape index (κ3) is 3.89. The molecule has 0 aliphatic heterocycles. The Labute approximate surface area is 184 Å². The number of rotatable bonds is 6. The normalized spacial score (nSPS) is 12.1. The Kier molecular flexibility index (Phi) is 5.96. The van der Waals surface area contributed by atoms with Crippen LogP contribution in [0.25, 0.3) is 20.3 Å². The molecule has 1 amide bonds. The third-order valence-corrected chi connectivity index (χ3v) is 7.17. The monoisotopic (exact) mass is 461 g/mol. The van der Waals surface area contributed by atoms with E-state index >= 15 is 0 Å². The molecule has 2 aromatic heterocycles. The van der Waals surface area contributed by atoms with E-state index in [1.165, 1.54) is 34.8 Å². The number of nitro groups is 1. The first-order valence-electron chi connectivity index (χ1n) is 9.11. The number of ether oxygens (including phenoxy) is 1. The first-order valence-corrected chi connectivity index (χ1v) is 11.1. The van der Waals surface area contributed by atoms with E-state index in [9.17, 15) is 14.9 Å². The summed E-state index contributed by atoms with van der Waals surface area (Å²) >= 11 is 8.95. The Morgan fingerprint density at radius 2 is 2.03 bits per heavy atom. The number of non-ortho nitro benzene ring substituents is 1. The summed E-state index contributed by atoms with van der Waals surface area (Å²) in [7, 11) is 0.